The lowest BCUT2D eigenvalue weighted by Gasteiger charge is -2.22. The summed E-state index contributed by atoms with van der Waals surface area (Å²) in [5.41, 5.74) is 11.3. The Bertz CT molecular complexity index is 1430. The number of aryl methyl sites for hydroxylation is 1. The van der Waals surface area contributed by atoms with Gasteiger partial charge in [0.15, 0.2) is 0 Å². The van der Waals surface area contributed by atoms with Gasteiger partial charge >= 0.3 is 0 Å². The molecule has 1 heterocycles. The molecule has 0 atom stereocenters. The standard InChI is InChI=1S/C28H22O/c1-17-8-6-11-22-26(17)20-15-14-18(16-23(20)28(22,2)3)19-10-7-13-25-27(19)21-9-4-5-12-24(21)29-25/h4-16H,1-3H3. The van der Waals surface area contributed by atoms with Crippen molar-refractivity contribution in [2.24, 2.45) is 0 Å². The largest absolute Gasteiger partial charge is 0.456 e. The van der Waals surface area contributed by atoms with E-state index >= 15 is 0 Å². The molecule has 0 spiro atoms. The molecule has 1 heteroatoms. The summed E-state index contributed by atoms with van der Waals surface area (Å²) in [6.07, 6.45) is 0. The Hall–Kier alpha value is -3.32. The summed E-state index contributed by atoms with van der Waals surface area (Å²) >= 11 is 0. The molecule has 140 valence electrons. The molecular weight excluding hydrogens is 352 g/mol. The zero-order valence-corrected chi connectivity index (χ0v) is 16.9. The first-order valence-corrected chi connectivity index (χ1v) is 10.2. The number of para-hydroxylation sites is 1. The van der Waals surface area contributed by atoms with Gasteiger partial charge in [0.25, 0.3) is 0 Å². The van der Waals surface area contributed by atoms with Gasteiger partial charge in [0.1, 0.15) is 11.2 Å². The van der Waals surface area contributed by atoms with E-state index in [0.717, 1.165) is 11.2 Å². The third-order valence-corrected chi connectivity index (χ3v) is 6.62. The molecule has 29 heavy (non-hydrogen) atoms. The van der Waals surface area contributed by atoms with Crippen molar-refractivity contribution in [3.05, 3.63) is 95.6 Å². The lowest BCUT2D eigenvalue weighted by molar-refractivity contribution is 0.660. The smallest absolute Gasteiger partial charge is 0.136 e. The zero-order valence-electron chi connectivity index (χ0n) is 16.9. The quantitative estimate of drug-likeness (QED) is 0.291. The molecule has 1 aromatic heterocycles. The summed E-state index contributed by atoms with van der Waals surface area (Å²) in [7, 11) is 0. The van der Waals surface area contributed by atoms with E-state index in [1.807, 2.05) is 12.1 Å². The van der Waals surface area contributed by atoms with Crippen molar-refractivity contribution in [3.63, 3.8) is 0 Å². The molecular formula is C28H22O. The van der Waals surface area contributed by atoms with Crippen LogP contribution in [0.1, 0.15) is 30.5 Å². The molecule has 4 aromatic carbocycles. The summed E-state index contributed by atoms with van der Waals surface area (Å²) in [4.78, 5) is 0. The van der Waals surface area contributed by atoms with Crippen LogP contribution in [0.2, 0.25) is 0 Å². The number of benzene rings is 4. The molecule has 6 rings (SSSR count). The maximum Gasteiger partial charge on any atom is 0.136 e. The van der Waals surface area contributed by atoms with Gasteiger partial charge < -0.3 is 4.42 Å². The molecule has 0 N–H and O–H groups in total. The van der Waals surface area contributed by atoms with Crippen LogP contribution in [-0.2, 0) is 5.41 Å². The predicted octanol–water partition coefficient (Wildman–Crippen LogP) is 7.87. The molecule has 5 aromatic rings. The van der Waals surface area contributed by atoms with Crippen molar-refractivity contribution in [2.45, 2.75) is 26.2 Å². The maximum atomic E-state index is 6.11. The molecule has 1 aliphatic carbocycles. The van der Waals surface area contributed by atoms with E-state index in [0.29, 0.717) is 0 Å². The SMILES string of the molecule is Cc1cccc2c1-c1ccc(-c3cccc4oc5ccccc5c34)cc1C2(C)C. The number of furan rings is 1. The van der Waals surface area contributed by atoms with Gasteiger partial charge in [0.2, 0.25) is 0 Å². The Kier molecular flexibility index (Phi) is 3.21. The fraction of sp³-hybridized carbons (Fsp3) is 0.143. The van der Waals surface area contributed by atoms with E-state index in [2.05, 4.69) is 87.5 Å². The molecule has 0 saturated carbocycles. The normalized spacial score (nSPS) is 14.3. The maximum absolute atomic E-state index is 6.11. The molecule has 0 unspecified atom stereocenters. The van der Waals surface area contributed by atoms with E-state index in [4.69, 9.17) is 4.42 Å². The van der Waals surface area contributed by atoms with Crippen LogP contribution >= 0.6 is 0 Å². The van der Waals surface area contributed by atoms with Crippen molar-refractivity contribution >= 4 is 21.9 Å². The molecule has 0 radical (unpaired) electrons. The van der Waals surface area contributed by atoms with Crippen molar-refractivity contribution in [1.29, 1.82) is 0 Å². The molecule has 1 aliphatic rings. The van der Waals surface area contributed by atoms with E-state index < -0.39 is 0 Å². The van der Waals surface area contributed by atoms with E-state index in [9.17, 15) is 0 Å². The highest BCUT2D eigenvalue weighted by molar-refractivity contribution is 6.12. The van der Waals surface area contributed by atoms with Crippen molar-refractivity contribution in [1.82, 2.24) is 0 Å². The number of fused-ring (bicyclic) bond motifs is 6. The van der Waals surface area contributed by atoms with Crippen LogP contribution in [0.15, 0.2) is 83.3 Å². The Morgan fingerprint density at radius 3 is 2.38 bits per heavy atom. The first-order chi connectivity index (χ1) is 14.1. The van der Waals surface area contributed by atoms with E-state index in [1.165, 1.54) is 49.7 Å². The number of rotatable bonds is 1. The Morgan fingerprint density at radius 2 is 1.48 bits per heavy atom. The van der Waals surface area contributed by atoms with E-state index in [-0.39, 0.29) is 5.41 Å². The predicted molar refractivity (Wildman–Crippen MR) is 121 cm³/mol. The summed E-state index contributed by atoms with van der Waals surface area (Å²) < 4.78 is 6.11. The highest BCUT2D eigenvalue weighted by Crippen LogP contribution is 2.51. The second-order valence-electron chi connectivity index (χ2n) is 8.66. The summed E-state index contributed by atoms with van der Waals surface area (Å²) in [6.45, 7) is 6.90. The number of hydrogen-bond acceptors (Lipinski definition) is 1. The molecule has 0 aliphatic heterocycles. The highest BCUT2D eigenvalue weighted by Gasteiger charge is 2.36. The van der Waals surface area contributed by atoms with Crippen molar-refractivity contribution < 1.29 is 4.42 Å². The van der Waals surface area contributed by atoms with Gasteiger partial charge in [-0.2, -0.15) is 0 Å². The third kappa shape index (κ3) is 2.16. The minimum Gasteiger partial charge on any atom is -0.456 e. The minimum atomic E-state index is -0.000936. The first-order valence-electron chi connectivity index (χ1n) is 10.2. The van der Waals surface area contributed by atoms with Gasteiger partial charge in [0.05, 0.1) is 0 Å². The Labute approximate surface area is 170 Å². The van der Waals surface area contributed by atoms with Crippen LogP contribution in [-0.4, -0.2) is 0 Å². The summed E-state index contributed by atoms with van der Waals surface area (Å²) in [6, 6.07) is 28.3. The fourth-order valence-electron chi connectivity index (χ4n) is 5.15. The summed E-state index contributed by atoms with van der Waals surface area (Å²) in [5.74, 6) is 0. The lowest BCUT2D eigenvalue weighted by atomic mass is 9.81. The average molecular weight is 374 g/mol. The average Bonchev–Trinajstić information content (AvgIpc) is 3.22. The second kappa shape index (κ2) is 5.61. The molecule has 0 bridgehead atoms. The fourth-order valence-corrected chi connectivity index (χ4v) is 5.15. The van der Waals surface area contributed by atoms with Crippen LogP contribution in [0, 0.1) is 6.92 Å². The van der Waals surface area contributed by atoms with Crippen LogP contribution in [0.5, 0.6) is 0 Å². The van der Waals surface area contributed by atoms with Crippen molar-refractivity contribution in [3.8, 4) is 22.3 Å². The minimum absolute atomic E-state index is 0.000936. The van der Waals surface area contributed by atoms with Gasteiger partial charge in [-0.25, -0.2) is 0 Å². The van der Waals surface area contributed by atoms with Gasteiger partial charge in [-0.3, -0.25) is 0 Å². The van der Waals surface area contributed by atoms with Crippen LogP contribution < -0.4 is 0 Å². The topological polar surface area (TPSA) is 13.1 Å². The second-order valence-corrected chi connectivity index (χ2v) is 8.66. The molecule has 0 saturated heterocycles. The molecule has 0 amide bonds. The van der Waals surface area contributed by atoms with Crippen LogP contribution in [0.3, 0.4) is 0 Å². The highest BCUT2D eigenvalue weighted by atomic mass is 16.3. The third-order valence-electron chi connectivity index (χ3n) is 6.62. The van der Waals surface area contributed by atoms with Gasteiger partial charge in [-0.15, -0.1) is 0 Å². The van der Waals surface area contributed by atoms with Crippen LogP contribution in [0.25, 0.3) is 44.2 Å². The van der Waals surface area contributed by atoms with Gasteiger partial charge in [-0.05, 0) is 64.1 Å². The number of hydrogen-bond donors (Lipinski definition) is 0. The summed E-state index contributed by atoms with van der Waals surface area (Å²) in [5, 5.41) is 2.38. The zero-order chi connectivity index (χ0) is 19.8. The van der Waals surface area contributed by atoms with Crippen LogP contribution in [0.4, 0.5) is 0 Å². The Morgan fingerprint density at radius 1 is 0.690 bits per heavy atom. The monoisotopic (exact) mass is 374 g/mol. The molecule has 1 nitrogen and oxygen atoms in total. The van der Waals surface area contributed by atoms with Gasteiger partial charge in [0, 0.05) is 16.2 Å². The van der Waals surface area contributed by atoms with Crippen molar-refractivity contribution in [2.75, 3.05) is 0 Å². The first kappa shape index (κ1) is 16.6. The van der Waals surface area contributed by atoms with Gasteiger partial charge in [-0.1, -0.05) is 74.5 Å². The Balaban J connectivity index is 1.64. The van der Waals surface area contributed by atoms with E-state index in [1.54, 1.807) is 0 Å². The lowest BCUT2D eigenvalue weighted by Crippen LogP contribution is -2.15. The molecule has 0 fully saturated rings.